The van der Waals surface area contributed by atoms with E-state index in [1.807, 2.05) is 12.1 Å². The summed E-state index contributed by atoms with van der Waals surface area (Å²) in [5.74, 6) is -0.548. The molecule has 2 rings (SSSR count). The van der Waals surface area contributed by atoms with E-state index in [4.69, 9.17) is 14.6 Å². The normalized spacial score (nSPS) is 16.2. The number of halogens is 1. The molecule has 0 bridgehead atoms. The molecule has 21 heavy (non-hydrogen) atoms. The monoisotopic (exact) mass is 357 g/mol. The lowest BCUT2D eigenvalue weighted by molar-refractivity contribution is -0.174. The Kier molecular flexibility index (Phi) is 4.84. The number of carboxylic acid groups (broad SMARTS) is 1. The van der Waals surface area contributed by atoms with Gasteiger partial charge >= 0.3 is 5.97 Å². The summed E-state index contributed by atoms with van der Waals surface area (Å²) >= 11 is 3.33. The van der Waals surface area contributed by atoms with Gasteiger partial charge in [0.25, 0.3) is 5.91 Å². The Bertz CT molecular complexity index is 542. The van der Waals surface area contributed by atoms with E-state index < -0.39 is 11.6 Å². The van der Waals surface area contributed by atoms with Gasteiger partial charge in [-0.3, -0.25) is 4.79 Å². The number of hydrogen-bond acceptors (Lipinski definition) is 4. The Balaban J connectivity index is 1.75. The first-order chi connectivity index (χ1) is 9.88. The van der Waals surface area contributed by atoms with Gasteiger partial charge in [-0.25, -0.2) is 4.79 Å². The first-order valence-electron chi connectivity index (χ1n) is 6.40. The van der Waals surface area contributed by atoms with Crippen molar-refractivity contribution in [3.05, 3.63) is 28.7 Å². The zero-order valence-electron chi connectivity index (χ0n) is 11.5. The van der Waals surface area contributed by atoms with Crippen LogP contribution in [0.5, 0.6) is 5.75 Å². The molecule has 1 aliphatic heterocycles. The molecule has 1 saturated heterocycles. The maximum Gasteiger partial charge on any atom is 0.329 e. The minimum Gasteiger partial charge on any atom is -0.484 e. The van der Waals surface area contributed by atoms with E-state index in [2.05, 4.69) is 15.9 Å². The number of carboxylic acids is 1. The first kappa shape index (κ1) is 15.8. The molecule has 1 aliphatic rings. The molecular weight excluding hydrogens is 342 g/mol. The quantitative estimate of drug-likeness (QED) is 0.835. The van der Waals surface area contributed by atoms with Gasteiger partial charge in [-0.1, -0.05) is 22.0 Å². The Morgan fingerprint density at radius 3 is 2.71 bits per heavy atom. The molecule has 1 aromatic rings. The molecule has 1 heterocycles. The standard InChI is InChI=1S/C14H16BrNO5/c1-14(21-7-13(18)19)8-16(9-14)12(17)6-20-11-4-2-3-10(15)5-11/h2-5H,6-9H2,1H3,(H,18,19). The Hall–Kier alpha value is -1.60. The van der Waals surface area contributed by atoms with Gasteiger partial charge in [-0.2, -0.15) is 0 Å². The van der Waals surface area contributed by atoms with E-state index >= 15 is 0 Å². The van der Waals surface area contributed by atoms with E-state index in [-0.39, 0.29) is 19.1 Å². The minimum absolute atomic E-state index is 0.0501. The summed E-state index contributed by atoms with van der Waals surface area (Å²) in [6.45, 7) is 2.13. The summed E-state index contributed by atoms with van der Waals surface area (Å²) in [7, 11) is 0. The van der Waals surface area contributed by atoms with Crippen LogP contribution in [0.1, 0.15) is 6.92 Å². The largest absolute Gasteiger partial charge is 0.484 e. The maximum absolute atomic E-state index is 11.9. The van der Waals surface area contributed by atoms with Gasteiger partial charge in [0, 0.05) is 4.47 Å². The number of carbonyl (C=O) groups excluding carboxylic acids is 1. The second-order valence-corrected chi connectivity index (χ2v) is 6.04. The lowest BCUT2D eigenvalue weighted by Crippen LogP contribution is -2.64. The predicted octanol–water partition coefficient (Wildman–Crippen LogP) is 1.53. The summed E-state index contributed by atoms with van der Waals surface area (Å²) in [5.41, 5.74) is -0.580. The molecule has 1 N–H and O–H groups in total. The van der Waals surface area contributed by atoms with E-state index in [9.17, 15) is 9.59 Å². The van der Waals surface area contributed by atoms with Crippen molar-refractivity contribution in [2.24, 2.45) is 0 Å². The summed E-state index contributed by atoms with van der Waals surface area (Å²) in [6, 6.07) is 7.25. The smallest absolute Gasteiger partial charge is 0.329 e. The van der Waals surface area contributed by atoms with Crippen LogP contribution in [0.3, 0.4) is 0 Å². The average Bonchev–Trinajstić information content (AvgIpc) is 2.39. The molecule has 1 aromatic carbocycles. The van der Waals surface area contributed by atoms with Crippen molar-refractivity contribution in [3.8, 4) is 5.75 Å². The molecular formula is C14H16BrNO5. The molecule has 0 spiro atoms. The first-order valence-corrected chi connectivity index (χ1v) is 7.19. The highest BCUT2D eigenvalue weighted by Gasteiger charge is 2.42. The van der Waals surface area contributed by atoms with Crippen LogP contribution >= 0.6 is 15.9 Å². The van der Waals surface area contributed by atoms with Crippen LogP contribution in [-0.4, -0.2) is 53.8 Å². The second kappa shape index (κ2) is 6.44. The molecule has 114 valence electrons. The number of ether oxygens (including phenoxy) is 2. The second-order valence-electron chi connectivity index (χ2n) is 5.13. The Morgan fingerprint density at radius 2 is 2.10 bits per heavy atom. The van der Waals surface area contributed by atoms with Crippen molar-refractivity contribution in [1.29, 1.82) is 0 Å². The molecule has 1 amide bonds. The number of rotatable bonds is 6. The van der Waals surface area contributed by atoms with Gasteiger partial charge in [-0.05, 0) is 25.1 Å². The molecule has 0 unspecified atom stereocenters. The highest BCUT2D eigenvalue weighted by molar-refractivity contribution is 9.10. The Labute approximate surface area is 130 Å². The van der Waals surface area contributed by atoms with Crippen molar-refractivity contribution in [2.45, 2.75) is 12.5 Å². The van der Waals surface area contributed by atoms with Crippen molar-refractivity contribution in [3.63, 3.8) is 0 Å². The molecule has 0 atom stereocenters. The molecule has 7 heteroatoms. The Morgan fingerprint density at radius 1 is 1.38 bits per heavy atom. The topological polar surface area (TPSA) is 76.1 Å². The fourth-order valence-electron chi connectivity index (χ4n) is 2.06. The maximum atomic E-state index is 11.9. The van der Waals surface area contributed by atoms with Crippen LogP contribution in [0.15, 0.2) is 28.7 Å². The number of likely N-dealkylation sites (tertiary alicyclic amines) is 1. The third kappa shape index (κ3) is 4.44. The van der Waals surface area contributed by atoms with Crippen molar-refractivity contribution in [1.82, 2.24) is 4.90 Å². The lowest BCUT2D eigenvalue weighted by atomic mass is 9.96. The number of amides is 1. The van der Waals surface area contributed by atoms with Gasteiger partial charge in [0.05, 0.1) is 13.1 Å². The summed E-state index contributed by atoms with van der Waals surface area (Å²) in [5, 5.41) is 8.57. The third-order valence-corrected chi connectivity index (χ3v) is 3.60. The summed E-state index contributed by atoms with van der Waals surface area (Å²) in [6.07, 6.45) is 0. The van der Waals surface area contributed by atoms with E-state index in [1.165, 1.54) is 0 Å². The summed E-state index contributed by atoms with van der Waals surface area (Å²) < 4.78 is 11.5. The lowest BCUT2D eigenvalue weighted by Gasteiger charge is -2.47. The van der Waals surface area contributed by atoms with Crippen LogP contribution < -0.4 is 4.74 Å². The fourth-order valence-corrected chi connectivity index (χ4v) is 2.44. The zero-order valence-corrected chi connectivity index (χ0v) is 13.1. The SMILES string of the molecule is CC1(OCC(=O)O)CN(C(=O)COc2cccc(Br)c2)C1. The highest BCUT2D eigenvalue weighted by Crippen LogP contribution is 2.25. The van der Waals surface area contributed by atoms with E-state index in [0.29, 0.717) is 18.8 Å². The van der Waals surface area contributed by atoms with Crippen molar-refractivity contribution in [2.75, 3.05) is 26.3 Å². The van der Waals surface area contributed by atoms with Gasteiger partial charge in [0.2, 0.25) is 0 Å². The van der Waals surface area contributed by atoms with Crippen LogP contribution in [0, 0.1) is 0 Å². The number of benzene rings is 1. The fraction of sp³-hybridized carbons (Fsp3) is 0.429. The molecule has 0 aliphatic carbocycles. The van der Waals surface area contributed by atoms with Gasteiger partial charge < -0.3 is 19.5 Å². The highest BCUT2D eigenvalue weighted by atomic mass is 79.9. The number of aliphatic carboxylic acids is 1. The zero-order chi connectivity index (χ0) is 15.5. The average molecular weight is 358 g/mol. The minimum atomic E-state index is -1.01. The van der Waals surface area contributed by atoms with Crippen LogP contribution in [0.25, 0.3) is 0 Å². The molecule has 0 saturated carbocycles. The van der Waals surface area contributed by atoms with Crippen LogP contribution in [0.4, 0.5) is 0 Å². The van der Waals surface area contributed by atoms with Gasteiger partial charge in [-0.15, -0.1) is 0 Å². The van der Waals surface area contributed by atoms with Crippen molar-refractivity contribution < 1.29 is 24.2 Å². The van der Waals surface area contributed by atoms with Crippen LogP contribution in [-0.2, 0) is 14.3 Å². The van der Waals surface area contributed by atoms with Gasteiger partial charge in [0.15, 0.2) is 6.61 Å². The number of carbonyl (C=O) groups is 2. The third-order valence-electron chi connectivity index (χ3n) is 3.11. The molecule has 0 aromatic heterocycles. The number of hydrogen-bond donors (Lipinski definition) is 1. The van der Waals surface area contributed by atoms with Crippen molar-refractivity contribution >= 4 is 27.8 Å². The summed E-state index contributed by atoms with van der Waals surface area (Å²) in [4.78, 5) is 24.0. The van der Waals surface area contributed by atoms with Gasteiger partial charge in [0.1, 0.15) is 18.0 Å². The predicted molar refractivity (Wildman–Crippen MR) is 78.2 cm³/mol. The molecule has 1 fully saturated rings. The van der Waals surface area contributed by atoms with E-state index in [1.54, 1.807) is 24.0 Å². The molecule has 6 nitrogen and oxygen atoms in total. The molecule has 0 radical (unpaired) electrons. The number of nitrogens with zero attached hydrogens (tertiary/aromatic N) is 1. The van der Waals surface area contributed by atoms with E-state index in [0.717, 1.165) is 4.47 Å². The van der Waals surface area contributed by atoms with Crippen LogP contribution in [0.2, 0.25) is 0 Å².